The van der Waals surface area contributed by atoms with E-state index in [0.717, 1.165) is 0 Å². The molecular weight excluding hydrogens is 200 g/mol. The first kappa shape index (κ1) is 13.9. The second-order valence-electron chi connectivity index (χ2n) is 4.00. The summed E-state index contributed by atoms with van der Waals surface area (Å²) in [4.78, 5) is 22.0. The Morgan fingerprint density at radius 3 is 2.13 bits per heavy atom. The second kappa shape index (κ2) is 5.09. The van der Waals surface area contributed by atoms with Crippen molar-refractivity contribution in [3.8, 4) is 0 Å². The molecule has 2 atom stereocenters. The van der Waals surface area contributed by atoms with Crippen LogP contribution in [0.15, 0.2) is 0 Å². The minimum absolute atomic E-state index is 0.00743. The van der Waals surface area contributed by atoms with Gasteiger partial charge >= 0.3 is 11.9 Å². The molecule has 0 saturated heterocycles. The van der Waals surface area contributed by atoms with Gasteiger partial charge in [0.15, 0.2) is 0 Å². The van der Waals surface area contributed by atoms with Crippen molar-refractivity contribution in [2.75, 3.05) is 0 Å². The van der Waals surface area contributed by atoms with Crippen molar-refractivity contribution in [3.63, 3.8) is 0 Å². The van der Waals surface area contributed by atoms with E-state index in [-0.39, 0.29) is 12.3 Å². The molecule has 0 aromatic rings. The molecule has 5 N–H and O–H groups in total. The Bertz CT molecular complexity index is 252. The van der Waals surface area contributed by atoms with E-state index in [1.807, 2.05) is 0 Å². The van der Waals surface area contributed by atoms with Crippen LogP contribution in [-0.2, 0) is 14.3 Å². The van der Waals surface area contributed by atoms with E-state index in [2.05, 4.69) is 4.74 Å². The number of nitrogens with two attached hydrogens (primary N) is 2. The molecule has 15 heavy (non-hydrogen) atoms. The van der Waals surface area contributed by atoms with Crippen LogP contribution in [0.4, 0.5) is 0 Å². The molecule has 0 unspecified atom stereocenters. The molecule has 0 radical (unpaired) electrons. The summed E-state index contributed by atoms with van der Waals surface area (Å²) in [5, 5.41) is 8.87. The SMILES string of the molecule is CC(C)C[C@](N)(OC(=O)[C@H](C)N)C(=O)O. The van der Waals surface area contributed by atoms with E-state index in [0.29, 0.717) is 0 Å². The van der Waals surface area contributed by atoms with Gasteiger partial charge in [-0.3, -0.25) is 10.5 Å². The summed E-state index contributed by atoms with van der Waals surface area (Å²) in [5.41, 5.74) is 8.75. The predicted molar refractivity (Wildman–Crippen MR) is 53.8 cm³/mol. The van der Waals surface area contributed by atoms with Gasteiger partial charge in [0.25, 0.3) is 5.72 Å². The van der Waals surface area contributed by atoms with E-state index in [9.17, 15) is 9.59 Å². The largest absolute Gasteiger partial charge is 0.477 e. The number of hydrogen-bond donors (Lipinski definition) is 3. The van der Waals surface area contributed by atoms with Gasteiger partial charge in [0, 0.05) is 6.42 Å². The molecule has 0 aromatic carbocycles. The third-order valence-electron chi connectivity index (χ3n) is 1.73. The highest BCUT2D eigenvalue weighted by Gasteiger charge is 2.39. The minimum atomic E-state index is -1.99. The maximum atomic E-state index is 11.2. The van der Waals surface area contributed by atoms with Crippen molar-refractivity contribution < 1.29 is 19.4 Å². The number of carbonyl (C=O) groups excluding carboxylic acids is 1. The first-order valence-corrected chi connectivity index (χ1v) is 4.69. The number of carboxylic acids is 1. The number of carbonyl (C=O) groups is 2. The molecule has 0 saturated carbocycles. The molecule has 0 aliphatic heterocycles. The first-order chi connectivity index (χ1) is 6.69. The summed E-state index contributed by atoms with van der Waals surface area (Å²) in [6, 6.07) is -0.889. The fraction of sp³-hybridized carbons (Fsp3) is 0.778. The molecule has 88 valence electrons. The number of rotatable bonds is 5. The zero-order valence-corrected chi connectivity index (χ0v) is 9.19. The van der Waals surface area contributed by atoms with Crippen LogP contribution in [0.25, 0.3) is 0 Å². The summed E-state index contributed by atoms with van der Waals surface area (Å²) in [5.74, 6) is -2.20. The molecule has 0 amide bonds. The van der Waals surface area contributed by atoms with Crippen molar-refractivity contribution in [2.45, 2.75) is 39.0 Å². The van der Waals surface area contributed by atoms with Gasteiger partial charge in [-0.2, -0.15) is 0 Å². The molecule has 6 nitrogen and oxygen atoms in total. The molecule has 0 bridgehead atoms. The van der Waals surface area contributed by atoms with Gasteiger partial charge in [-0.05, 0) is 12.8 Å². The molecular formula is C9H18N2O4. The number of carboxylic acid groups (broad SMARTS) is 1. The Kier molecular flexibility index (Phi) is 4.70. The van der Waals surface area contributed by atoms with Gasteiger partial charge in [-0.25, -0.2) is 4.79 Å². The van der Waals surface area contributed by atoms with Crippen LogP contribution < -0.4 is 11.5 Å². The number of ether oxygens (including phenoxy) is 1. The van der Waals surface area contributed by atoms with Crippen molar-refractivity contribution in [1.82, 2.24) is 0 Å². The van der Waals surface area contributed by atoms with Gasteiger partial charge in [-0.15, -0.1) is 0 Å². The summed E-state index contributed by atoms with van der Waals surface area (Å²) in [6.07, 6.45) is 0.0425. The molecule has 0 spiro atoms. The maximum absolute atomic E-state index is 11.2. The predicted octanol–water partition coefficient (Wildman–Crippen LogP) is -0.337. The summed E-state index contributed by atoms with van der Waals surface area (Å²) >= 11 is 0. The normalized spacial score (nSPS) is 16.9. The lowest BCUT2D eigenvalue weighted by atomic mass is 10.0. The lowest BCUT2D eigenvalue weighted by molar-refractivity contribution is -0.180. The van der Waals surface area contributed by atoms with Crippen LogP contribution >= 0.6 is 0 Å². The van der Waals surface area contributed by atoms with E-state index >= 15 is 0 Å². The van der Waals surface area contributed by atoms with E-state index in [1.165, 1.54) is 6.92 Å². The molecule has 6 heteroatoms. The average Bonchev–Trinajstić information content (AvgIpc) is 2.01. The quantitative estimate of drug-likeness (QED) is 0.429. The second-order valence-corrected chi connectivity index (χ2v) is 4.00. The van der Waals surface area contributed by atoms with Crippen LogP contribution in [0.2, 0.25) is 0 Å². The number of hydrogen-bond acceptors (Lipinski definition) is 5. The lowest BCUT2D eigenvalue weighted by Crippen LogP contribution is -2.54. The molecule has 0 aromatic heterocycles. The average molecular weight is 218 g/mol. The van der Waals surface area contributed by atoms with Crippen LogP contribution in [0.3, 0.4) is 0 Å². The van der Waals surface area contributed by atoms with Crippen molar-refractivity contribution in [3.05, 3.63) is 0 Å². The minimum Gasteiger partial charge on any atom is -0.477 e. The van der Waals surface area contributed by atoms with Crippen molar-refractivity contribution in [2.24, 2.45) is 17.4 Å². The molecule has 0 aliphatic rings. The van der Waals surface area contributed by atoms with Crippen molar-refractivity contribution in [1.29, 1.82) is 0 Å². The van der Waals surface area contributed by atoms with Gasteiger partial charge in [0.1, 0.15) is 6.04 Å². The monoisotopic (exact) mass is 218 g/mol. The fourth-order valence-electron chi connectivity index (χ4n) is 1.05. The topological polar surface area (TPSA) is 116 Å². The number of esters is 1. The summed E-state index contributed by atoms with van der Waals surface area (Å²) < 4.78 is 4.69. The third-order valence-corrected chi connectivity index (χ3v) is 1.73. The Hall–Kier alpha value is -1.14. The van der Waals surface area contributed by atoms with Crippen molar-refractivity contribution >= 4 is 11.9 Å². The molecule has 0 aliphatic carbocycles. The maximum Gasteiger partial charge on any atom is 0.363 e. The van der Waals surface area contributed by atoms with Gasteiger partial charge < -0.3 is 15.6 Å². The van der Waals surface area contributed by atoms with Gasteiger partial charge in [-0.1, -0.05) is 13.8 Å². The fourth-order valence-corrected chi connectivity index (χ4v) is 1.05. The van der Waals surface area contributed by atoms with Crippen LogP contribution in [0.1, 0.15) is 27.2 Å². The zero-order chi connectivity index (χ0) is 12.2. The highest BCUT2D eigenvalue weighted by molar-refractivity contribution is 5.83. The lowest BCUT2D eigenvalue weighted by Gasteiger charge is -2.27. The smallest absolute Gasteiger partial charge is 0.363 e. The zero-order valence-electron chi connectivity index (χ0n) is 9.19. The van der Waals surface area contributed by atoms with Crippen LogP contribution in [0, 0.1) is 5.92 Å². The standard InChI is InChI=1S/C9H18N2O4/c1-5(2)4-9(11,8(13)14)15-7(12)6(3)10/h5-6H,4,10-11H2,1-3H3,(H,13,14)/t6-,9-/m0/s1. The number of aliphatic carboxylic acids is 1. The Morgan fingerprint density at radius 1 is 1.40 bits per heavy atom. The highest BCUT2D eigenvalue weighted by Crippen LogP contribution is 2.16. The van der Waals surface area contributed by atoms with Gasteiger partial charge in [0.2, 0.25) is 0 Å². The third kappa shape index (κ3) is 4.26. The van der Waals surface area contributed by atoms with Crippen LogP contribution in [-0.4, -0.2) is 28.8 Å². The van der Waals surface area contributed by atoms with Gasteiger partial charge in [0.05, 0.1) is 0 Å². The van der Waals surface area contributed by atoms with E-state index in [1.54, 1.807) is 13.8 Å². The first-order valence-electron chi connectivity index (χ1n) is 4.69. The molecule has 0 heterocycles. The Balaban J connectivity index is 4.66. The van der Waals surface area contributed by atoms with E-state index < -0.39 is 23.7 Å². The summed E-state index contributed by atoms with van der Waals surface area (Å²) in [6.45, 7) is 4.97. The highest BCUT2D eigenvalue weighted by atomic mass is 16.6. The molecule has 0 fully saturated rings. The van der Waals surface area contributed by atoms with E-state index in [4.69, 9.17) is 16.6 Å². The Morgan fingerprint density at radius 2 is 1.87 bits per heavy atom. The Labute approximate surface area is 88.6 Å². The molecule has 0 rings (SSSR count). The van der Waals surface area contributed by atoms with Crippen LogP contribution in [0.5, 0.6) is 0 Å². The summed E-state index contributed by atoms with van der Waals surface area (Å²) in [7, 11) is 0.